The minimum absolute atomic E-state index is 0.760. The third-order valence-corrected chi connectivity index (χ3v) is 12.0. The third kappa shape index (κ3) is 4.89. The first-order valence-electron chi connectivity index (χ1n) is 9.80. The van der Waals surface area contributed by atoms with Gasteiger partial charge in [0, 0.05) is 45.8 Å². The first-order valence-corrected chi connectivity index (χ1v) is 13.3. The summed E-state index contributed by atoms with van der Waals surface area (Å²) in [6.07, 6.45) is -0.352. The van der Waals surface area contributed by atoms with Crippen LogP contribution >= 0.6 is 17.7 Å². The Labute approximate surface area is 179 Å². The first-order chi connectivity index (χ1) is 13.4. The summed E-state index contributed by atoms with van der Waals surface area (Å²) in [6.45, 7) is 12.5. The van der Waals surface area contributed by atoms with Gasteiger partial charge in [-0.25, -0.2) is 9.98 Å². The van der Waals surface area contributed by atoms with Crippen LogP contribution in [0.3, 0.4) is 0 Å². The number of nitrogens with zero attached hydrogens (tertiary/aromatic N) is 5. The summed E-state index contributed by atoms with van der Waals surface area (Å²) in [4.78, 5) is 11.4. The van der Waals surface area contributed by atoms with Crippen LogP contribution in [-0.2, 0) is 11.8 Å². The molecule has 28 heavy (non-hydrogen) atoms. The van der Waals surface area contributed by atoms with Gasteiger partial charge in [-0.05, 0) is 0 Å². The van der Waals surface area contributed by atoms with E-state index in [-0.39, 0.29) is 0 Å². The molecule has 0 atom stereocenters. The summed E-state index contributed by atoms with van der Waals surface area (Å²) >= 11 is 8.16. The van der Waals surface area contributed by atoms with Gasteiger partial charge in [0.05, 0.1) is 16.7 Å². The molecular weight excluding hydrogens is 405 g/mol. The van der Waals surface area contributed by atoms with Crippen molar-refractivity contribution in [3.8, 4) is 11.3 Å². The first kappa shape index (κ1) is 23.2. The van der Waals surface area contributed by atoms with Gasteiger partial charge in [-0.3, -0.25) is 9.34 Å². The second kappa shape index (κ2) is 10.6. The van der Waals surface area contributed by atoms with Gasteiger partial charge in [0.1, 0.15) is 6.34 Å². The van der Waals surface area contributed by atoms with E-state index in [4.69, 9.17) is 16.8 Å². The van der Waals surface area contributed by atoms with E-state index >= 15 is 0 Å². The van der Waals surface area contributed by atoms with Crippen LogP contribution in [0.5, 0.6) is 0 Å². The molecule has 8 heteroatoms. The number of benzene rings is 1. The molecule has 1 heterocycles. The minimum atomic E-state index is -2.15. The Morgan fingerprint density at radius 2 is 1.54 bits per heavy atom. The molecule has 0 fully saturated rings. The maximum atomic E-state index is 6.52. The van der Waals surface area contributed by atoms with Crippen molar-refractivity contribution in [1.29, 1.82) is 0 Å². The van der Waals surface area contributed by atoms with Gasteiger partial charge >= 0.3 is 0 Å². The van der Waals surface area contributed by atoms with E-state index in [1.165, 1.54) is 4.62 Å². The van der Waals surface area contributed by atoms with Crippen molar-refractivity contribution in [3.63, 3.8) is 0 Å². The number of rotatable bonds is 10. The highest BCUT2D eigenvalue weighted by molar-refractivity contribution is 8.17. The Balaban J connectivity index is 2.75. The molecule has 0 saturated heterocycles. The Morgan fingerprint density at radius 1 is 1.00 bits per heavy atom. The molecule has 0 spiro atoms. The number of aliphatic imine (C=N–C) groups is 1. The van der Waals surface area contributed by atoms with Crippen molar-refractivity contribution in [2.45, 2.75) is 27.7 Å². The van der Waals surface area contributed by atoms with Crippen LogP contribution in [0.2, 0.25) is 0 Å². The maximum Gasteiger partial charge on any atom is 0.211 e. The van der Waals surface area contributed by atoms with Gasteiger partial charge in [0.25, 0.3) is 0 Å². The number of thiazole rings is 1. The minimum Gasteiger partial charge on any atom is -0.369 e. The Hall–Kier alpha value is -1.11. The van der Waals surface area contributed by atoms with Crippen LogP contribution < -0.4 is 4.62 Å². The largest absolute Gasteiger partial charge is 0.369 e. The van der Waals surface area contributed by atoms with Crippen molar-refractivity contribution in [1.82, 2.24) is 19.2 Å². The molecule has 2 aromatic rings. The van der Waals surface area contributed by atoms with Gasteiger partial charge in [-0.1, -0.05) is 81.2 Å². The molecule has 5 nitrogen and oxygen atoms in total. The van der Waals surface area contributed by atoms with E-state index in [1.54, 1.807) is 17.7 Å². The molecule has 1 aromatic heterocycles. The Bertz CT molecular complexity index is 795. The monoisotopic (exact) mass is 437 g/mol. The fraction of sp³-hybridized carbons (Fsp3) is 0.500. The van der Waals surface area contributed by atoms with Gasteiger partial charge in [-0.15, -0.1) is 0 Å². The molecule has 0 N–H and O–H groups in total. The molecule has 2 rings (SSSR count). The summed E-state index contributed by atoms with van der Waals surface area (Å²) in [5, 5.41) is 0.760. The summed E-state index contributed by atoms with van der Waals surface area (Å²) in [6, 6.07) is 10.4. The summed E-state index contributed by atoms with van der Waals surface area (Å²) in [7, 11) is 3.93. The zero-order valence-corrected chi connectivity index (χ0v) is 20.3. The molecule has 154 valence electrons. The summed E-state index contributed by atoms with van der Waals surface area (Å²) < 4.78 is 6.09. The van der Waals surface area contributed by atoms with Crippen molar-refractivity contribution in [2.75, 3.05) is 40.3 Å². The van der Waals surface area contributed by atoms with Gasteiger partial charge in [-0.2, -0.15) is 0 Å². The van der Waals surface area contributed by atoms with E-state index < -0.39 is 6.34 Å². The molecular formula is C20H32N5PS2. The van der Waals surface area contributed by atoms with E-state index in [0.717, 1.165) is 42.6 Å². The molecule has 0 aliphatic carbocycles. The number of hydrogen-bond donors (Lipinski definition) is 0. The molecule has 0 amide bonds. The van der Waals surface area contributed by atoms with Gasteiger partial charge in [0.2, 0.25) is 5.13 Å². The van der Waals surface area contributed by atoms with Gasteiger partial charge < -0.3 is 4.90 Å². The fourth-order valence-corrected chi connectivity index (χ4v) is 10.1. The molecule has 0 saturated carbocycles. The highest BCUT2D eigenvalue weighted by atomic mass is 32.4. The van der Waals surface area contributed by atoms with Gasteiger partial charge in [0.15, 0.2) is 0 Å². The smallest absolute Gasteiger partial charge is 0.211 e. The van der Waals surface area contributed by atoms with Crippen molar-refractivity contribution in [2.24, 2.45) is 4.99 Å². The Kier molecular flexibility index (Phi) is 8.78. The van der Waals surface area contributed by atoms with Crippen molar-refractivity contribution in [3.05, 3.63) is 30.3 Å². The zero-order valence-electron chi connectivity index (χ0n) is 17.8. The molecule has 0 radical (unpaired) electrons. The second-order valence-corrected chi connectivity index (χ2v) is 12.0. The molecule has 0 aliphatic heterocycles. The van der Waals surface area contributed by atoms with E-state index in [0.29, 0.717) is 0 Å². The predicted molar refractivity (Wildman–Crippen MR) is 129 cm³/mol. The lowest BCUT2D eigenvalue weighted by atomic mass is 10.2. The number of aromatic nitrogens is 1. The summed E-state index contributed by atoms with van der Waals surface area (Å²) in [5.74, 6) is 0. The number of hydrogen-bond acceptors (Lipinski definition) is 4. The lowest BCUT2D eigenvalue weighted by molar-refractivity contribution is 0.428. The standard InChI is InChI=1S/C20H32N5PS2/c1-7-24(8-2)26(27,25(9-3)10-4)19-18(17-14-12-11-13-15-17)22-20(28-19)21-16-23(5)6/h11-16H,7-10H2,1-6H3. The quantitative estimate of drug-likeness (QED) is 0.307. The van der Waals surface area contributed by atoms with Crippen LogP contribution in [0, 0.1) is 0 Å². The predicted octanol–water partition coefficient (Wildman–Crippen LogP) is 4.65. The topological polar surface area (TPSA) is 35.0 Å². The van der Waals surface area contributed by atoms with Crippen LogP contribution in [0.25, 0.3) is 11.3 Å². The molecule has 0 aliphatic rings. The SMILES string of the molecule is CCN(CC)P(=S)(c1sc(N=CN(C)C)nc1-c1ccccc1)N(CC)CC. The molecule has 0 bridgehead atoms. The lowest BCUT2D eigenvalue weighted by Gasteiger charge is -2.41. The van der Waals surface area contributed by atoms with E-state index in [2.05, 4.69) is 66.3 Å². The zero-order chi connectivity index (χ0) is 20.7. The van der Waals surface area contributed by atoms with E-state index in [9.17, 15) is 0 Å². The van der Waals surface area contributed by atoms with Crippen LogP contribution in [0.1, 0.15) is 27.7 Å². The Morgan fingerprint density at radius 3 is 2.00 bits per heavy atom. The van der Waals surface area contributed by atoms with Crippen LogP contribution in [0.4, 0.5) is 5.13 Å². The fourth-order valence-electron chi connectivity index (χ4n) is 3.15. The highest BCUT2D eigenvalue weighted by Crippen LogP contribution is 2.55. The lowest BCUT2D eigenvalue weighted by Crippen LogP contribution is -2.36. The molecule has 1 aromatic carbocycles. The normalized spacial score (nSPS) is 12.4. The highest BCUT2D eigenvalue weighted by Gasteiger charge is 2.36. The maximum absolute atomic E-state index is 6.52. The van der Waals surface area contributed by atoms with Crippen LogP contribution in [0.15, 0.2) is 35.3 Å². The summed E-state index contributed by atoms with van der Waals surface area (Å²) in [5.41, 5.74) is 2.09. The van der Waals surface area contributed by atoms with Crippen LogP contribution in [-0.4, -0.2) is 65.8 Å². The van der Waals surface area contributed by atoms with Crippen molar-refractivity contribution >= 4 is 45.6 Å². The average molecular weight is 438 g/mol. The third-order valence-electron chi connectivity index (χ3n) is 4.54. The van der Waals surface area contributed by atoms with Crippen molar-refractivity contribution < 1.29 is 0 Å². The average Bonchev–Trinajstić information content (AvgIpc) is 3.14. The second-order valence-electron chi connectivity index (χ2n) is 6.55. The molecule has 0 unspecified atom stereocenters. The van der Waals surface area contributed by atoms with E-state index in [1.807, 2.05) is 25.1 Å².